The van der Waals surface area contributed by atoms with Gasteiger partial charge in [0.15, 0.2) is 5.65 Å². The quantitative estimate of drug-likeness (QED) is 0.893. The summed E-state index contributed by atoms with van der Waals surface area (Å²) in [6, 6.07) is 0. The smallest absolute Gasteiger partial charge is 0.156 e. The fourth-order valence-corrected chi connectivity index (χ4v) is 3.87. The van der Waals surface area contributed by atoms with Gasteiger partial charge in [0, 0.05) is 17.7 Å². The maximum atomic E-state index is 5.03. The number of hydrogen-bond acceptors (Lipinski definition) is 4. The summed E-state index contributed by atoms with van der Waals surface area (Å²) in [5.41, 5.74) is 4.63. The predicted molar refractivity (Wildman–Crippen MR) is 88.2 cm³/mol. The third-order valence-corrected chi connectivity index (χ3v) is 5.34. The van der Waals surface area contributed by atoms with Crippen molar-refractivity contribution in [2.75, 3.05) is 33.2 Å². The highest BCUT2D eigenvalue weighted by atomic mass is 15.1. The van der Waals surface area contributed by atoms with Gasteiger partial charge in [-0.3, -0.25) is 0 Å². The number of rotatable bonds is 2. The van der Waals surface area contributed by atoms with Gasteiger partial charge in [0.1, 0.15) is 5.52 Å². The van der Waals surface area contributed by atoms with Crippen LogP contribution in [0.15, 0.2) is 12.4 Å². The Bertz CT molecular complexity index is 636. The molecule has 22 heavy (non-hydrogen) atoms. The summed E-state index contributed by atoms with van der Waals surface area (Å²) in [7, 11) is 2.20. The van der Waals surface area contributed by atoms with Crippen molar-refractivity contribution in [1.82, 2.24) is 25.2 Å². The highest BCUT2D eigenvalue weighted by Crippen LogP contribution is 2.32. The molecule has 2 aliphatic rings. The number of aromatic nitrogens is 3. The molecule has 0 atom stereocenters. The average Bonchev–Trinajstić information content (AvgIpc) is 2.99. The minimum absolute atomic E-state index is 0.573. The van der Waals surface area contributed by atoms with Gasteiger partial charge in [-0.25, -0.2) is 9.97 Å². The number of hydrogen-bond donors (Lipinski definition) is 2. The van der Waals surface area contributed by atoms with Crippen LogP contribution in [0.2, 0.25) is 0 Å². The lowest BCUT2D eigenvalue weighted by Crippen LogP contribution is -2.29. The zero-order chi connectivity index (χ0) is 14.9. The standard InChI is InChI=1S/C17H25N5/c1-22-8-4-13(5-9-22)15-11-20-17-16(21-15)14(10-19-17)12-2-6-18-7-3-12/h10-13,18H,2-9H2,1H3,(H,19,20). The lowest BCUT2D eigenvalue weighted by molar-refractivity contribution is 0.253. The summed E-state index contributed by atoms with van der Waals surface area (Å²) in [6.07, 6.45) is 8.92. The summed E-state index contributed by atoms with van der Waals surface area (Å²) < 4.78 is 0. The van der Waals surface area contributed by atoms with E-state index in [0.717, 1.165) is 24.3 Å². The van der Waals surface area contributed by atoms with Crippen LogP contribution in [-0.4, -0.2) is 53.1 Å². The molecule has 0 radical (unpaired) electrons. The van der Waals surface area contributed by atoms with Crippen LogP contribution in [0, 0.1) is 0 Å². The van der Waals surface area contributed by atoms with Crippen LogP contribution in [0.1, 0.15) is 48.8 Å². The maximum absolute atomic E-state index is 5.03. The first-order chi connectivity index (χ1) is 10.8. The molecular formula is C17H25N5. The Hall–Kier alpha value is -1.46. The van der Waals surface area contributed by atoms with Crippen molar-refractivity contribution in [1.29, 1.82) is 0 Å². The van der Waals surface area contributed by atoms with E-state index >= 15 is 0 Å². The van der Waals surface area contributed by atoms with Gasteiger partial charge in [-0.2, -0.15) is 0 Å². The highest BCUT2D eigenvalue weighted by molar-refractivity contribution is 5.75. The summed E-state index contributed by atoms with van der Waals surface area (Å²) in [5, 5.41) is 3.44. The molecule has 5 heteroatoms. The zero-order valence-corrected chi connectivity index (χ0v) is 13.3. The van der Waals surface area contributed by atoms with E-state index in [1.54, 1.807) is 0 Å². The van der Waals surface area contributed by atoms with Crippen LogP contribution < -0.4 is 5.32 Å². The normalized spacial score (nSPS) is 22.4. The molecule has 5 nitrogen and oxygen atoms in total. The largest absolute Gasteiger partial charge is 0.345 e. The lowest BCUT2D eigenvalue weighted by atomic mass is 9.91. The molecule has 118 valence electrons. The molecule has 2 saturated heterocycles. The second-order valence-electron chi connectivity index (χ2n) is 6.84. The van der Waals surface area contributed by atoms with Crippen LogP contribution in [-0.2, 0) is 0 Å². The molecule has 0 aromatic carbocycles. The first-order valence-corrected chi connectivity index (χ1v) is 8.54. The number of likely N-dealkylation sites (tertiary alicyclic amines) is 1. The third kappa shape index (κ3) is 2.63. The Kier molecular flexibility index (Phi) is 3.84. The van der Waals surface area contributed by atoms with Gasteiger partial charge < -0.3 is 15.2 Å². The van der Waals surface area contributed by atoms with Crippen LogP contribution >= 0.6 is 0 Å². The van der Waals surface area contributed by atoms with Gasteiger partial charge in [0.05, 0.1) is 11.9 Å². The molecule has 2 fully saturated rings. The van der Waals surface area contributed by atoms with Crippen molar-refractivity contribution < 1.29 is 0 Å². The molecule has 0 amide bonds. The number of nitrogens with one attached hydrogen (secondary N) is 2. The number of H-pyrrole nitrogens is 1. The molecule has 0 saturated carbocycles. The summed E-state index contributed by atoms with van der Waals surface area (Å²) in [6.45, 7) is 4.55. The summed E-state index contributed by atoms with van der Waals surface area (Å²) >= 11 is 0. The zero-order valence-electron chi connectivity index (χ0n) is 13.3. The van der Waals surface area contributed by atoms with Crippen LogP contribution in [0.4, 0.5) is 0 Å². The third-order valence-electron chi connectivity index (χ3n) is 5.34. The topological polar surface area (TPSA) is 56.8 Å². The molecule has 0 aliphatic carbocycles. The first kappa shape index (κ1) is 14.2. The van der Waals surface area contributed by atoms with Gasteiger partial charge >= 0.3 is 0 Å². The minimum atomic E-state index is 0.573. The van der Waals surface area contributed by atoms with Crippen LogP contribution in [0.3, 0.4) is 0 Å². The summed E-state index contributed by atoms with van der Waals surface area (Å²) in [4.78, 5) is 15.4. The van der Waals surface area contributed by atoms with Crippen molar-refractivity contribution in [3.63, 3.8) is 0 Å². The van der Waals surface area contributed by atoms with Gasteiger partial charge in [-0.1, -0.05) is 0 Å². The monoisotopic (exact) mass is 299 g/mol. The van der Waals surface area contributed by atoms with Crippen molar-refractivity contribution in [3.8, 4) is 0 Å². The lowest BCUT2D eigenvalue weighted by Gasteiger charge is -2.28. The van der Waals surface area contributed by atoms with Crippen LogP contribution in [0.25, 0.3) is 11.2 Å². The molecule has 2 aliphatic heterocycles. The molecule has 4 rings (SSSR count). The van der Waals surface area contributed by atoms with E-state index in [2.05, 4.69) is 33.4 Å². The minimum Gasteiger partial charge on any atom is -0.345 e. The average molecular weight is 299 g/mol. The van der Waals surface area contributed by atoms with Gasteiger partial charge in [-0.15, -0.1) is 0 Å². The Morgan fingerprint density at radius 1 is 1.09 bits per heavy atom. The second kappa shape index (κ2) is 5.97. The van der Waals surface area contributed by atoms with E-state index < -0.39 is 0 Å². The molecule has 0 unspecified atom stereocenters. The van der Waals surface area contributed by atoms with Crippen molar-refractivity contribution in [3.05, 3.63) is 23.7 Å². The molecule has 0 spiro atoms. The van der Waals surface area contributed by atoms with E-state index in [0.29, 0.717) is 11.8 Å². The van der Waals surface area contributed by atoms with E-state index in [1.165, 1.54) is 50.0 Å². The Morgan fingerprint density at radius 2 is 1.86 bits per heavy atom. The number of fused-ring (bicyclic) bond motifs is 1. The Labute approximate surface area is 131 Å². The SMILES string of the molecule is CN1CCC(c2cnc3[nH]cc(C4CCNCC4)c3n2)CC1. The van der Waals surface area contributed by atoms with E-state index in [-0.39, 0.29) is 0 Å². The number of aromatic amines is 1. The van der Waals surface area contributed by atoms with E-state index in [1.807, 2.05) is 6.20 Å². The molecule has 2 aromatic heterocycles. The number of nitrogens with zero attached hydrogens (tertiary/aromatic N) is 3. The van der Waals surface area contributed by atoms with E-state index in [9.17, 15) is 0 Å². The van der Waals surface area contributed by atoms with Gasteiger partial charge in [-0.05, 0) is 64.8 Å². The maximum Gasteiger partial charge on any atom is 0.156 e. The fraction of sp³-hybridized carbons (Fsp3) is 0.647. The van der Waals surface area contributed by atoms with Gasteiger partial charge in [0.2, 0.25) is 0 Å². The van der Waals surface area contributed by atoms with E-state index in [4.69, 9.17) is 4.98 Å². The number of piperidine rings is 2. The first-order valence-electron chi connectivity index (χ1n) is 8.54. The second-order valence-corrected chi connectivity index (χ2v) is 6.84. The van der Waals surface area contributed by atoms with Crippen molar-refractivity contribution >= 4 is 11.2 Å². The Morgan fingerprint density at radius 3 is 2.64 bits per heavy atom. The van der Waals surface area contributed by atoms with Crippen molar-refractivity contribution in [2.45, 2.75) is 37.5 Å². The molecule has 2 aromatic rings. The van der Waals surface area contributed by atoms with Crippen molar-refractivity contribution in [2.24, 2.45) is 0 Å². The van der Waals surface area contributed by atoms with Gasteiger partial charge in [0.25, 0.3) is 0 Å². The molecular weight excluding hydrogens is 274 g/mol. The molecule has 4 heterocycles. The van der Waals surface area contributed by atoms with Crippen LogP contribution in [0.5, 0.6) is 0 Å². The fourth-order valence-electron chi connectivity index (χ4n) is 3.87. The molecule has 0 bridgehead atoms. The Balaban J connectivity index is 1.64. The predicted octanol–water partition coefficient (Wildman–Crippen LogP) is 2.23. The molecule has 2 N–H and O–H groups in total. The highest BCUT2D eigenvalue weighted by Gasteiger charge is 2.23. The summed E-state index contributed by atoms with van der Waals surface area (Å²) in [5.74, 6) is 1.20.